The molecule has 0 saturated carbocycles. The molecule has 1 aliphatic carbocycles. The van der Waals surface area contributed by atoms with Gasteiger partial charge < -0.3 is 5.11 Å². The van der Waals surface area contributed by atoms with Crippen LogP contribution in [-0.4, -0.2) is 11.2 Å². The first-order valence-corrected chi connectivity index (χ1v) is 5.24. The molecule has 1 aromatic rings. The largest absolute Gasteiger partial charge is 0.382 e. The number of benzene rings is 1. The van der Waals surface area contributed by atoms with Gasteiger partial charge in [-0.05, 0) is 46.4 Å². The first-order valence-electron chi connectivity index (χ1n) is 4.16. The summed E-state index contributed by atoms with van der Waals surface area (Å²) in [5.41, 5.74) is -0.604. The van der Waals surface area contributed by atoms with Crippen molar-refractivity contribution in [2.24, 2.45) is 0 Å². The van der Waals surface area contributed by atoms with Crippen LogP contribution in [0.2, 0.25) is 0 Å². The highest BCUT2D eigenvalue weighted by Gasteiger charge is 2.44. The summed E-state index contributed by atoms with van der Waals surface area (Å²) in [6, 6.07) is 2.48. The van der Waals surface area contributed by atoms with Crippen LogP contribution in [0.5, 0.6) is 0 Å². The average Bonchev–Trinajstić information content (AvgIpc) is 2.10. The van der Waals surface area contributed by atoms with Crippen LogP contribution in [0.3, 0.4) is 0 Å². The molecule has 1 aliphatic rings. The fourth-order valence-corrected chi connectivity index (χ4v) is 2.15. The van der Waals surface area contributed by atoms with E-state index in [1.165, 1.54) is 12.1 Å². The van der Waals surface area contributed by atoms with E-state index in [2.05, 4.69) is 0 Å². The van der Waals surface area contributed by atoms with E-state index in [0.717, 1.165) is 12.1 Å². The Morgan fingerprint density at radius 2 is 2.00 bits per heavy atom. The SMILES string of the molecule is OC1C=Cc2cc(I)cc(F)c2C1(F)F. The van der Waals surface area contributed by atoms with Gasteiger partial charge in [-0.1, -0.05) is 6.08 Å². The highest BCUT2D eigenvalue weighted by Crippen LogP contribution is 2.40. The van der Waals surface area contributed by atoms with E-state index in [1.807, 2.05) is 22.6 Å². The van der Waals surface area contributed by atoms with Crippen molar-refractivity contribution in [3.63, 3.8) is 0 Å². The topological polar surface area (TPSA) is 20.2 Å². The summed E-state index contributed by atoms with van der Waals surface area (Å²) < 4.78 is 40.8. The number of rotatable bonds is 0. The van der Waals surface area contributed by atoms with E-state index in [4.69, 9.17) is 5.11 Å². The summed E-state index contributed by atoms with van der Waals surface area (Å²) in [5, 5.41) is 9.07. The second-order valence-corrected chi connectivity index (χ2v) is 4.52. The molecule has 0 aliphatic heterocycles. The maximum Gasteiger partial charge on any atom is 0.305 e. The Bertz CT molecular complexity index is 443. The van der Waals surface area contributed by atoms with Crippen molar-refractivity contribution in [2.75, 3.05) is 0 Å². The Hall–Kier alpha value is -0.560. The van der Waals surface area contributed by atoms with E-state index in [-0.39, 0.29) is 5.56 Å². The fraction of sp³-hybridized carbons (Fsp3) is 0.200. The lowest BCUT2D eigenvalue weighted by atomic mass is 9.91. The first-order chi connectivity index (χ1) is 6.93. The third-order valence-electron chi connectivity index (χ3n) is 2.25. The Morgan fingerprint density at radius 1 is 1.33 bits per heavy atom. The number of hydrogen-bond acceptors (Lipinski definition) is 1. The van der Waals surface area contributed by atoms with Crippen LogP contribution in [0.25, 0.3) is 6.08 Å². The summed E-state index contributed by atoms with van der Waals surface area (Å²) in [5.74, 6) is -4.54. The molecule has 0 bridgehead atoms. The third kappa shape index (κ3) is 1.67. The molecule has 0 heterocycles. The number of aliphatic hydroxyl groups excluding tert-OH is 1. The molecule has 1 atom stereocenters. The van der Waals surface area contributed by atoms with Crippen molar-refractivity contribution in [3.05, 3.63) is 38.7 Å². The fourth-order valence-electron chi connectivity index (χ4n) is 1.54. The van der Waals surface area contributed by atoms with Crippen LogP contribution >= 0.6 is 22.6 Å². The monoisotopic (exact) mass is 326 g/mol. The molecule has 2 rings (SSSR count). The van der Waals surface area contributed by atoms with E-state index in [0.29, 0.717) is 3.57 Å². The summed E-state index contributed by atoms with van der Waals surface area (Å²) in [6.07, 6.45) is 0.320. The minimum absolute atomic E-state index is 0.120. The molecule has 1 nitrogen and oxygen atoms in total. The van der Waals surface area contributed by atoms with Gasteiger partial charge in [0.2, 0.25) is 0 Å². The predicted octanol–water partition coefficient (Wildman–Crippen LogP) is 2.91. The predicted molar refractivity (Wildman–Crippen MR) is 58.1 cm³/mol. The third-order valence-corrected chi connectivity index (χ3v) is 2.87. The lowest BCUT2D eigenvalue weighted by molar-refractivity contribution is -0.0963. The zero-order valence-corrected chi connectivity index (χ0v) is 9.50. The average molecular weight is 326 g/mol. The Kier molecular flexibility index (Phi) is 2.54. The highest BCUT2D eigenvalue weighted by atomic mass is 127. The first kappa shape index (κ1) is 10.9. The molecule has 1 unspecified atom stereocenters. The van der Waals surface area contributed by atoms with Crippen molar-refractivity contribution in [1.82, 2.24) is 0 Å². The van der Waals surface area contributed by atoms with Gasteiger partial charge in [0.05, 0.1) is 5.56 Å². The molecule has 0 radical (unpaired) electrons. The van der Waals surface area contributed by atoms with Crippen molar-refractivity contribution < 1.29 is 18.3 Å². The van der Waals surface area contributed by atoms with Crippen LogP contribution in [0.15, 0.2) is 18.2 Å². The molecule has 15 heavy (non-hydrogen) atoms. The summed E-state index contributed by atoms with van der Waals surface area (Å²) >= 11 is 1.85. The van der Waals surface area contributed by atoms with E-state index in [1.54, 1.807) is 0 Å². The molecular formula is C10H6F3IO. The van der Waals surface area contributed by atoms with Crippen LogP contribution in [0.1, 0.15) is 11.1 Å². The van der Waals surface area contributed by atoms with Crippen LogP contribution in [0.4, 0.5) is 13.2 Å². The molecule has 0 fully saturated rings. The summed E-state index contributed by atoms with van der Waals surface area (Å²) in [4.78, 5) is 0. The summed E-state index contributed by atoms with van der Waals surface area (Å²) in [7, 11) is 0. The quantitative estimate of drug-likeness (QED) is 0.727. The number of fused-ring (bicyclic) bond motifs is 1. The molecular weight excluding hydrogens is 320 g/mol. The van der Waals surface area contributed by atoms with E-state index >= 15 is 0 Å². The Labute approximate surface area is 97.7 Å². The molecule has 1 N–H and O–H groups in total. The molecule has 1 aromatic carbocycles. The highest BCUT2D eigenvalue weighted by molar-refractivity contribution is 14.1. The van der Waals surface area contributed by atoms with Crippen LogP contribution < -0.4 is 0 Å². The van der Waals surface area contributed by atoms with Gasteiger partial charge in [-0.25, -0.2) is 4.39 Å². The molecule has 0 spiro atoms. The zero-order valence-electron chi connectivity index (χ0n) is 7.35. The Morgan fingerprint density at radius 3 is 2.67 bits per heavy atom. The maximum atomic E-state index is 13.4. The van der Waals surface area contributed by atoms with Crippen molar-refractivity contribution >= 4 is 28.7 Å². The number of alkyl halides is 2. The van der Waals surface area contributed by atoms with Crippen molar-refractivity contribution in [2.45, 2.75) is 12.0 Å². The second kappa shape index (κ2) is 3.48. The standard InChI is InChI=1S/C10H6F3IO/c11-7-4-6(14)3-5-1-2-8(15)10(12,13)9(5)7/h1-4,8,15H. The molecule has 80 valence electrons. The van der Waals surface area contributed by atoms with Gasteiger partial charge in [0, 0.05) is 3.57 Å². The lowest BCUT2D eigenvalue weighted by Gasteiger charge is -2.26. The van der Waals surface area contributed by atoms with Gasteiger partial charge in [-0.2, -0.15) is 8.78 Å². The molecule has 5 heteroatoms. The van der Waals surface area contributed by atoms with Gasteiger partial charge in [-0.3, -0.25) is 0 Å². The Balaban J connectivity index is 2.71. The van der Waals surface area contributed by atoms with E-state index < -0.39 is 23.4 Å². The van der Waals surface area contributed by atoms with Gasteiger partial charge in [-0.15, -0.1) is 0 Å². The van der Waals surface area contributed by atoms with Gasteiger partial charge in [0.25, 0.3) is 0 Å². The zero-order chi connectivity index (χ0) is 11.2. The van der Waals surface area contributed by atoms with Gasteiger partial charge in [0.15, 0.2) is 0 Å². The minimum atomic E-state index is -3.56. The lowest BCUT2D eigenvalue weighted by Crippen LogP contribution is -2.33. The number of halogens is 4. The van der Waals surface area contributed by atoms with Crippen LogP contribution in [0, 0.1) is 9.39 Å². The van der Waals surface area contributed by atoms with Crippen molar-refractivity contribution in [1.29, 1.82) is 0 Å². The van der Waals surface area contributed by atoms with Crippen molar-refractivity contribution in [3.8, 4) is 0 Å². The smallest absolute Gasteiger partial charge is 0.305 e. The number of hydrogen-bond donors (Lipinski definition) is 1. The van der Waals surface area contributed by atoms with Crippen LogP contribution in [-0.2, 0) is 5.92 Å². The molecule has 0 aromatic heterocycles. The van der Waals surface area contributed by atoms with Gasteiger partial charge >= 0.3 is 5.92 Å². The summed E-state index contributed by atoms with van der Waals surface area (Å²) in [6.45, 7) is 0. The molecule has 0 amide bonds. The normalized spacial score (nSPS) is 22.6. The van der Waals surface area contributed by atoms with E-state index in [9.17, 15) is 13.2 Å². The molecule has 0 saturated heterocycles. The maximum absolute atomic E-state index is 13.4. The second-order valence-electron chi connectivity index (χ2n) is 3.28. The van der Waals surface area contributed by atoms with Gasteiger partial charge in [0.1, 0.15) is 11.9 Å². The minimum Gasteiger partial charge on any atom is -0.382 e. The number of aliphatic hydroxyl groups is 1.